The first-order valence-electron chi connectivity index (χ1n) is 8.90. The molecule has 2 aromatic rings. The smallest absolute Gasteiger partial charge is 0.271 e. The van der Waals surface area contributed by atoms with E-state index in [9.17, 15) is 14.9 Å². The minimum atomic E-state index is -0.447. The average Bonchev–Trinajstić information content (AvgIpc) is 3.50. The molecule has 1 unspecified atom stereocenters. The molecule has 0 saturated heterocycles. The molecule has 142 valence electrons. The summed E-state index contributed by atoms with van der Waals surface area (Å²) in [5, 5.41) is 17.0. The zero-order valence-electron chi connectivity index (χ0n) is 15.4. The number of hydrogen-bond donors (Lipinski definition) is 2. The minimum Gasteiger partial charge on any atom is -0.497 e. The van der Waals surface area contributed by atoms with E-state index in [4.69, 9.17) is 4.74 Å². The maximum Gasteiger partial charge on any atom is 0.271 e. The summed E-state index contributed by atoms with van der Waals surface area (Å²) in [6, 6.07) is 12.3. The van der Waals surface area contributed by atoms with Gasteiger partial charge in [-0.1, -0.05) is 18.2 Å². The molecule has 2 N–H and O–H groups in total. The fourth-order valence-electron chi connectivity index (χ4n) is 3.03. The van der Waals surface area contributed by atoms with Gasteiger partial charge in [0.1, 0.15) is 5.75 Å². The monoisotopic (exact) mass is 369 g/mol. The van der Waals surface area contributed by atoms with Crippen molar-refractivity contribution in [2.45, 2.75) is 25.8 Å². The summed E-state index contributed by atoms with van der Waals surface area (Å²) < 4.78 is 5.19. The molecular weight excluding hydrogens is 346 g/mol. The summed E-state index contributed by atoms with van der Waals surface area (Å²) >= 11 is 0. The van der Waals surface area contributed by atoms with Crippen LogP contribution in [-0.2, 0) is 4.79 Å². The SMILES string of the molecule is COc1ccc(C(NC(=O)CNc2cc([N+](=O)[O-])ccc2C)C2CC2)cc1. The van der Waals surface area contributed by atoms with Crippen molar-refractivity contribution in [1.82, 2.24) is 5.32 Å². The van der Waals surface area contributed by atoms with Crippen molar-refractivity contribution in [3.05, 3.63) is 63.7 Å². The Balaban J connectivity index is 1.63. The number of carbonyl (C=O) groups is 1. The summed E-state index contributed by atoms with van der Waals surface area (Å²) in [6.45, 7) is 1.90. The van der Waals surface area contributed by atoms with Gasteiger partial charge in [-0.15, -0.1) is 0 Å². The molecule has 1 aliphatic rings. The molecule has 0 spiro atoms. The van der Waals surface area contributed by atoms with Crippen molar-refractivity contribution in [3.63, 3.8) is 0 Å². The predicted octanol–water partition coefficient (Wildman–Crippen LogP) is 3.59. The molecule has 1 saturated carbocycles. The molecule has 0 heterocycles. The van der Waals surface area contributed by atoms with Crippen LogP contribution in [-0.4, -0.2) is 24.5 Å². The predicted molar refractivity (Wildman–Crippen MR) is 103 cm³/mol. The molecule has 3 rings (SSSR count). The molecule has 1 amide bonds. The Morgan fingerprint density at radius 1 is 1.26 bits per heavy atom. The van der Waals surface area contributed by atoms with Gasteiger partial charge in [-0.25, -0.2) is 0 Å². The molecule has 2 aromatic carbocycles. The van der Waals surface area contributed by atoms with Crippen LogP contribution >= 0.6 is 0 Å². The van der Waals surface area contributed by atoms with E-state index in [1.807, 2.05) is 31.2 Å². The van der Waals surface area contributed by atoms with Gasteiger partial charge in [0.2, 0.25) is 5.91 Å². The standard InChI is InChI=1S/C20H23N3O4/c1-13-3-8-16(23(25)26)11-18(13)21-12-19(24)22-20(14-4-5-14)15-6-9-17(27-2)10-7-15/h3,6-11,14,20-21H,4-5,12H2,1-2H3,(H,22,24). The van der Waals surface area contributed by atoms with E-state index in [1.54, 1.807) is 13.2 Å². The summed E-state index contributed by atoms with van der Waals surface area (Å²) in [6.07, 6.45) is 2.18. The molecule has 0 aliphatic heterocycles. The third-order valence-electron chi connectivity index (χ3n) is 4.76. The quantitative estimate of drug-likeness (QED) is 0.548. The number of anilines is 1. The Labute approximate surface area is 157 Å². The molecule has 27 heavy (non-hydrogen) atoms. The van der Waals surface area contributed by atoms with Gasteiger partial charge >= 0.3 is 0 Å². The van der Waals surface area contributed by atoms with Gasteiger partial charge in [0.05, 0.1) is 24.6 Å². The van der Waals surface area contributed by atoms with E-state index in [0.29, 0.717) is 11.6 Å². The second kappa shape index (κ2) is 8.07. The van der Waals surface area contributed by atoms with Gasteiger partial charge in [-0.05, 0) is 48.9 Å². The third-order valence-corrected chi connectivity index (χ3v) is 4.76. The number of carbonyl (C=O) groups excluding carboxylic acids is 1. The largest absolute Gasteiger partial charge is 0.497 e. The van der Waals surface area contributed by atoms with E-state index in [1.165, 1.54) is 12.1 Å². The van der Waals surface area contributed by atoms with Crippen molar-refractivity contribution in [1.29, 1.82) is 0 Å². The molecular formula is C20H23N3O4. The van der Waals surface area contributed by atoms with Crippen molar-refractivity contribution in [3.8, 4) is 5.75 Å². The number of hydrogen-bond acceptors (Lipinski definition) is 5. The zero-order valence-corrected chi connectivity index (χ0v) is 15.4. The van der Waals surface area contributed by atoms with Crippen LogP contribution in [0.1, 0.15) is 30.0 Å². The number of aryl methyl sites for hydroxylation is 1. The molecule has 1 atom stereocenters. The lowest BCUT2D eigenvalue weighted by Gasteiger charge is -2.20. The Hall–Kier alpha value is -3.09. The minimum absolute atomic E-state index is 0.00222. The number of amides is 1. The van der Waals surface area contributed by atoms with Crippen molar-refractivity contribution >= 4 is 17.3 Å². The van der Waals surface area contributed by atoms with E-state index in [0.717, 1.165) is 29.7 Å². The lowest BCUT2D eigenvalue weighted by Crippen LogP contribution is -2.34. The van der Waals surface area contributed by atoms with Crippen molar-refractivity contribution in [2.24, 2.45) is 5.92 Å². The number of non-ortho nitro benzene ring substituents is 1. The normalized spacial score (nSPS) is 14.3. The zero-order chi connectivity index (χ0) is 19.4. The van der Waals surface area contributed by atoms with E-state index >= 15 is 0 Å². The van der Waals surface area contributed by atoms with Crippen LogP contribution in [0.2, 0.25) is 0 Å². The van der Waals surface area contributed by atoms with Crippen LogP contribution in [0.3, 0.4) is 0 Å². The van der Waals surface area contributed by atoms with Gasteiger partial charge in [-0.3, -0.25) is 14.9 Å². The lowest BCUT2D eigenvalue weighted by atomic mass is 10.0. The highest BCUT2D eigenvalue weighted by molar-refractivity contribution is 5.81. The Morgan fingerprint density at radius 2 is 1.96 bits per heavy atom. The number of nitro groups is 1. The molecule has 0 radical (unpaired) electrons. The molecule has 7 heteroatoms. The van der Waals surface area contributed by atoms with Crippen LogP contribution in [0, 0.1) is 23.0 Å². The first-order valence-corrected chi connectivity index (χ1v) is 8.90. The second-order valence-electron chi connectivity index (χ2n) is 6.77. The van der Waals surface area contributed by atoms with E-state index in [-0.39, 0.29) is 24.2 Å². The lowest BCUT2D eigenvalue weighted by molar-refractivity contribution is -0.384. The molecule has 0 aromatic heterocycles. The number of nitrogens with one attached hydrogen (secondary N) is 2. The maximum absolute atomic E-state index is 12.5. The van der Waals surface area contributed by atoms with Crippen molar-refractivity contribution in [2.75, 3.05) is 19.0 Å². The fourth-order valence-corrected chi connectivity index (χ4v) is 3.03. The number of ether oxygens (including phenoxy) is 1. The van der Waals surface area contributed by atoms with Crippen molar-refractivity contribution < 1.29 is 14.5 Å². The highest BCUT2D eigenvalue weighted by Gasteiger charge is 2.33. The van der Waals surface area contributed by atoms with Crippen LogP contribution < -0.4 is 15.4 Å². The van der Waals surface area contributed by atoms with Gasteiger partial charge < -0.3 is 15.4 Å². The Morgan fingerprint density at radius 3 is 2.56 bits per heavy atom. The van der Waals surface area contributed by atoms with Gasteiger partial charge in [0.15, 0.2) is 0 Å². The number of nitro benzene ring substituents is 1. The van der Waals surface area contributed by atoms with Crippen LogP contribution in [0.25, 0.3) is 0 Å². The average molecular weight is 369 g/mol. The summed E-state index contributed by atoms with van der Waals surface area (Å²) in [5.41, 5.74) is 2.49. The molecule has 1 fully saturated rings. The summed E-state index contributed by atoms with van der Waals surface area (Å²) in [4.78, 5) is 22.9. The molecule has 7 nitrogen and oxygen atoms in total. The first-order chi connectivity index (χ1) is 13.0. The molecule has 0 bridgehead atoms. The van der Waals surface area contributed by atoms with Crippen LogP contribution in [0.4, 0.5) is 11.4 Å². The highest BCUT2D eigenvalue weighted by atomic mass is 16.6. The topological polar surface area (TPSA) is 93.5 Å². The van der Waals surface area contributed by atoms with Gasteiger partial charge in [0.25, 0.3) is 5.69 Å². The van der Waals surface area contributed by atoms with Gasteiger partial charge in [-0.2, -0.15) is 0 Å². The fraction of sp³-hybridized carbons (Fsp3) is 0.350. The second-order valence-corrected chi connectivity index (χ2v) is 6.77. The third kappa shape index (κ3) is 4.75. The van der Waals surface area contributed by atoms with E-state index in [2.05, 4.69) is 10.6 Å². The Bertz CT molecular complexity index is 832. The van der Waals surface area contributed by atoms with Crippen LogP contribution in [0.5, 0.6) is 5.75 Å². The maximum atomic E-state index is 12.5. The van der Waals surface area contributed by atoms with E-state index < -0.39 is 4.92 Å². The first kappa shape index (κ1) is 18.7. The number of nitrogens with zero attached hydrogens (tertiary/aromatic N) is 1. The number of benzene rings is 2. The highest BCUT2D eigenvalue weighted by Crippen LogP contribution is 2.41. The number of rotatable bonds is 8. The Kier molecular flexibility index (Phi) is 5.59. The number of methoxy groups -OCH3 is 1. The van der Waals surface area contributed by atoms with Gasteiger partial charge in [0, 0.05) is 17.8 Å². The summed E-state index contributed by atoms with van der Waals surface area (Å²) in [5.74, 6) is 1.08. The van der Waals surface area contributed by atoms with Crippen LogP contribution in [0.15, 0.2) is 42.5 Å². The summed E-state index contributed by atoms with van der Waals surface area (Å²) in [7, 11) is 1.62. The molecule has 1 aliphatic carbocycles.